The molecule has 3 aromatic heterocycles. The Morgan fingerprint density at radius 2 is 1.88 bits per heavy atom. The van der Waals surface area contributed by atoms with Crippen molar-refractivity contribution in [2.24, 2.45) is 0 Å². The lowest BCUT2D eigenvalue weighted by Crippen LogP contribution is -2.19. The van der Waals surface area contributed by atoms with Crippen LogP contribution in [0.15, 0.2) is 71.4 Å². The van der Waals surface area contributed by atoms with Crippen molar-refractivity contribution in [3.8, 4) is 23.3 Å². The van der Waals surface area contributed by atoms with E-state index in [1.54, 1.807) is 6.20 Å². The number of pyridine rings is 1. The maximum atomic E-state index is 12.3. The fourth-order valence-corrected chi connectivity index (χ4v) is 4.91. The number of hydrogen-bond acceptors (Lipinski definition) is 10. The molecule has 11 nitrogen and oxygen atoms in total. The molecule has 5 rings (SSSR count). The van der Waals surface area contributed by atoms with E-state index in [-0.39, 0.29) is 6.03 Å². The minimum Gasteiger partial charge on any atom is -0.494 e. The van der Waals surface area contributed by atoms with E-state index in [2.05, 4.69) is 41.9 Å². The second-order valence-corrected chi connectivity index (χ2v) is 10.7. The van der Waals surface area contributed by atoms with E-state index in [4.69, 9.17) is 9.15 Å². The van der Waals surface area contributed by atoms with Crippen molar-refractivity contribution >= 4 is 45.1 Å². The summed E-state index contributed by atoms with van der Waals surface area (Å²) < 4.78 is 11.8. The van der Waals surface area contributed by atoms with Gasteiger partial charge in [-0.1, -0.05) is 18.2 Å². The molecule has 214 valence electrons. The van der Waals surface area contributed by atoms with Crippen molar-refractivity contribution in [2.75, 3.05) is 49.7 Å². The zero-order chi connectivity index (χ0) is 29.3. The molecule has 0 spiro atoms. The lowest BCUT2D eigenvalue weighted by atomic mass is 10.2. The summed E-state index contributed by atoms with van der Waals surface area (Å²) in [6, 6.07) is 18.6. The molecule has 0 saturated carbocycles. The Kier molecular flexibility index (Phi) is 9.23. The number of nitrogens with one attached hydrogen (secondary N) is 3. The lowest BCUT2D eigenvalue weighted by molar-refractivity contribution is 0.262. The van der Waals surface area contributed by atoms with Crippen LogP contribution in [-0.2, 0) is 6.42 Å². The number of amides is 2. The quantitative estimate of drug-likeness (QED) is 0.155. The van der Waals surface area contributed by atoms with Crippen molar-refractivity contribution in [3.63, 3.8) is 0 Å². The fourth-order valence-electron chi connectivity index (χ4n) is 4.10. The van der Waals surface area contributed by atoms with Crippen LogP contribution in [0.1, 0.15) is 16.9 Å². The minimum atomic E-state index is -0.359. The van der Waals surface area contributed by atoms with Gasteiger partial charge in [0.15, 0.2) is 10.6 Å². The fraction of sp³-hybridized carbons (Fsp3) is 0.233. The highest BCUT2D eigenvalue weighted by molar-refractivity contribution is 7.15. The largest absolute Gasteiger partial charge is 0.494 e. The topological polar surface area (TPSA) is 141 Å². The van der Waals surface area contributed by atoms with E-state index in [1.165, 1.54) is 17.5 Å². The van der Waals surface area contributed by atoms with Crippen molar-refractivity contribution in [3.05, 3.63) is 77.4 Å². The lowest BCUT2D eigenvalue weighted by Gasteiger charge is -2.10. The molecule has 0 fully saturated rings. The summed E-state index contributed by atoms with van der Waals surface area (Å²) >= 11 is 1.38. The van der Waals surface area contributed by atoms with Gasteiger partial charge in [-0.3, -0.25) is 5.32 Å². The number of nitriles is 1. The van der Waals surface area contributed by atoms with E-state index >= 15 is 0 Å². The van der Waals surface area contributed by atoms with Crippen LogP contribution in [0.3, 0.4) is 0 Å². The van der Waals surface area contributed by atoms with Gasteiger partial charge >= 0.3 is 6.03 Å². The van der Waals surface area contributed by atoms with Crippen LogP contribution in [0.2, 0.25) is 0 Å². The summed E-state index contributed by atoms with van der Waals surface area (Å²) in [6.07, 6.45) is 4.76. The molecular formula is C30H30N8O3S. The Morgan fingerprint density at radius 3 is 2.64 bits per heavy atom. The maximum Gasteiger partial charge on any atom is 0.325 e. The molecule has 42 heavy (non-hydrogen) atoms. The van der Waals surface area contributed by atoms with Crippen LogP contribution >= 0.6 is 11.3 Å². The number of anilines is 3. The van der Waals surface area contributed by atoms with Gasteiger partial charge in [0.25, 0.3) is 0 Å². The van der Waals surface area contributed by atoms with Crippen LogP contribution < -0.4 is 20.7 Å². The number of ether oxygens (including phenoxy) is 1. The standard InChI is InChI=1S/C30H30N8O3S/c1-38(2)15-6-16-40-23-11-9-20(10-12-23)27-36-26-25(21(17-31)18-33-28(26)41-27)32-14-13-24-19-34-30(42-24)37-29(39)35-22-7-4-3-5-8-22/h3-5,7-12,18-19H,6,13-16H2,1-2H3,(H,32,33)(H2,34,35,37,39). The first-order chi connectivity index (χ1) is 20.5. The third-order valence-electron chi connectivity index (χ3n) is 6.15. The van der Waals surface area contributed by atoms with Gasteiger partial charge in [-0.2, -0.15) is 5.26 Å². The number of para-hydroxylation sites is 1. The van der Waals surface area contributed by atoms with Gasteiger partial charge in [0.05, 0.1) is 24.1 Å². The highest BCUT2D eigenvalue weighted by Crippen LogP contribution is 2.31. The number of carbonyl (C=O) groups excluding carboxylic acids is 1. The molecular weight excluding hydrogens is 552 g/mol. The number of benzene rings is 2. The van der Waals surface area contributed by atoms with Gasteiger partial charge < -0.3 is 24.7 Å². The number of fused-ring (bicyclic) bond motifs is 1. The monoisotopic (exact) mass is 582 g/mol. The molecule has 0 saturated heterocycles. The zero-order valence-electron chi connectivity index (χ0n) is 23.3. The molecule has 5 aromatic rings. The molecule has 2 amide bonds. The average Bonchev–Trinajstić information content (AvgIpc) is 3.63. The van der Waals surface area contributed by atoms with Crippen LogP contribution in [0.25, 0.3) is 22.7 Å². The van der Waals surface area contributed by atoms with Gasteiger partial charge in [-0.25, -0.2) is 19.7 Å². The molecule has 0 bridgehead atoms. The molecule has 0 aliphatic rings. The number of carbonyl (C=O) groups is 1. The third-order valence-corrected chi connectivity index (χ3v) is 7.12. The Balaban J connectivity index is 1.20. The van der Waals surface area contributed by atoms with Crippen molar-refractivity contribution < 1.29 is 13.9 Å². The smallest absolute Gasteiger partial charge is 0.325 e. The van der Waals surface area contributed by atoms with Gasteiger partial charge in [0.2, 0.25) is 11.6 Å². The van der Waals surface area contributed by atoms with Crippen molar-refractivity contribution in [1.82, 2.24) is 19.9 Å². The van der Waals surface area contributed by atoms with E-state index in [0.29, 0.717) is 58.8 Å². The van der Waals surface area contributed by atoms with E-state index in [9.17, 15) is 10.1 Å². The third kappa shape index (κ3) is 7.39. The molecule has 3 heterocycles. The molecule has 0 atom stereocenters. The number of nitrogens with zero attached hydrogens (tertiary/aromatic N) is 5. The Hall–Kier alpha value is -4.99. The van der Waals surface area contributed by atoms with Gasteiger partial charge in [0, 0.05) is 41.8 Å². The SMILES string of the molecule is CN(C)CCCOc1ccc(-c2nc3c(NCCc4cnc(NC(=O)Nc5ccccc5)s4)c(C#N)cnc3o2)cc1. The van der Waals surface area contributed by atoms with E-state index < -0.39 is 0 Å². The average molecular weight is 583 g/mol. The first-order valence-corrected chi connectivity index (χ1v) is 14.2. The number of hydrogen-bond donors (Lipinski definition) is 3. The minimum absolute atomic E-state index is 0.337. The highest BCUT2D eigenvalue weighted by Gasteiger charge is 2.17. The number of urea groups is 1. The molecule has 0 radical (unpaired) electrons. The van der Waals surface area contributed by atoms with Crippen molar-refractivity contribution in [2.45, 2.75) is 12.8 Å². The number of rotatable bonds is 12. The van der Waals surface area contributed by atoms with Crippen LogP contribution in [0, 0.1) is 11.3 Å². The molecule has 0 aliphatic heterocycles. The molecule has 0 unspecified atom stereocenters. The van der Waals surface area contributed by atoms with E-state index in [0.717, 1.165) is 29.2 Å². The van der Waals surface area contributed by atoms with Crippen LogP contribution in [0.5, 0.6) is 5.75 Å². The second kappa shape index (κ2) is 13.6. The van der Waals surface area contributed by atoms with Gasteiger partial charge in [-0.05, 0) is 56.9 Å². The Labute approximate surface area is 247 Å². The number of aromatic nitrogens is 3. The summed E-state index contributed by atoms with van der Waals surface area (Å²) in [5, 5.41) is 19.0. The predicted octanol–water partition coefficient (Wildman–Crippen LogP) is 5.85. The van der Waals surface area contributed by atoms with E-state index in [1.807, 2.05) is 68.7 Å². The molecule has 0 aliphatic carbocycles. The van der Waals surface area contributed by atoms with Crippen LogP contribution in [-0.4, -0.2) is 59.7 Å². The van der Waals surface area contributed by atoms with Crippen molar-refractivity contribution in [1.29, 1.82) is 5.26 Å². The van der Waals surface area contributed by atoms with Crippen LogP contribution in [0.4, 0.5) is 21.3 Å². The molecule has 12 heteroatoms. The number of thiazole rings is 1. The first-order valence-electron chi connectivity index (χ1n) is 13.4. The van der Waals surface area contributed by atoms with Gasteiger partial charge in [-0.15, -0.1) is 11.3 Å². The summed E-state index contributed by atoms with van der Waals surface area (Å²) in [5.74, 6) is 1.18. The first kappa shape index (κ1) is 28.5. The normalized spacial score (nSPS) is 10.9. The molecule has 2 aromatic carbocycles. The molecule has 3 N–H and O–H groups in total. The summed E-state index contributed by atoms with van der Waals surface area (Å²) in [7, 11) is 4.08. The Bertz CT molecular complexity index is 1680. The summed E-state index contributed by atoms with van der Waals surface area (Å²) in [5.41, 5.74) is 3.22. The van der Waals surface area contributed by atoms with Gasteiger partial charge in [0.1, 0.15) is 11.8 Å². The summed E-state index contributed by atoms with van der Waals surface area (Å²) in [4.78, 5) is 28.6. The Morgan fingerprint density at radius 1 is 1.07 bits per heavy atom. The number of oxazole rings is 1. The maximum absolute atomic E-state index is 12.3. The summed E-state index contributed by atoms with van der Waals surface area (Å²) in [6.45, 7) is 2.11. The zero-order valence-corrected chi connectivity index (χ0v) is 24.1. The predicted molar refractivity (Wildman–Crippen MR) is 164 cm³/mol. The highest BCUT2D eigenvalue weighted by atomic mass is 32.1. The second-order valence-electron chi connectivity index (χ2n) is 9.61.